The van der Waals surface area contributed by atoms with Crippen molar-refractivity contribution in [3.8, 4) is 5.75 Å². The molecule has 0 fully saturated rings. The monoisotopic (exact) mass is 227 g/mol. The van der Waals surface area contributed by atoms with E-state index in [2.05, 4.69) is 5.32 Å². The van der Waals surface area contributed by atoms with Crippen LogP contribution in [0.2, 0.25) is 0 Å². The summed E-state index contributed by atoms with van der Waals surface area (Å²) < 4.78 is 0. The summed E-state index contributed by atoms with van der Waals surface area (Å²) in [4.78, 5) is 11.0. The molecule has 0 aliphatic carbocycles. The SMILES string of the molecule is O=C(O)c1cc(O)cc2c1C(CCl)CN2. The summed E-state index contributed by atoms with van der Waals surface area (Å²) in [5.74, 6) is -0.728. The molecule has 0 saturated heterocycles. The van der Waals surface area contributed by atoms with E-state index in [1.807, 2.05) is 0 Å². The molecule has 0 radical (unpaired) electrons. The molecule has 80 valence electrons. The van der Waals surface area contributed by atoms with E-state index in [9.17, 15) is 9.90 Å². The molecule has 0 spiro atoms. The van der Waals surface area contributed by atoms with Gasteiger partial charge in [-0.2, -0.15) is 0 Å². The zero-order chi connectivity index (χ0) is 11.0. The quantitative estimate of drug-likeness (QED) is 0.675. The van der Waals surface area contributed by atoms with Crippen molar-refractivity contribution in [2.75, 3.05) is 17.7 Å². The van der Waals surface area contributed by atoms with Crippen LogP contribution in [0.15, 0.2) is 12.1 Å². The fourth-order valence-electron chi connectivity index (χ4n) is 1.87. The molecule has 1 aliphatic heterocycles. The van der Waals surface area contributed by atoms with E-state index < -0.39 is 5.97 Å². The van der Waals surface area contributed by atoms with Crippen molar-refractivity contribution < 1.29 is 15.0 Å². The van der Waals surface area contributed by atoms with Crippen LogP contribution in [0.25, 0.3) is 0 Å². The van der Waals surface area contributed by atoms with Crippen LogP contribution in [0.1, 0.15) is 21.8 Å². The number of phenols is 1. The topological polar surface area (TPSA) is 69.6 Å². The highest BCUT2D eigenvalue weighted by Gasteiger charge is 2.27. The Morgan fingerprint density at radius 2 is 2.33 bits per heavy atom. The van der Waals surface area contributed by atoms with Crippen LogP contribution in [0.3, 0.4) is 0 Å². The molecule has 0 aromatic heterocycles. The molecule has 1 heterocycles. The number of hydrogen-bond donors (Lipinski definition) is 3. The standard InChI is InChI=1S/C10H10ClNO3/c11-3-5-4-12-8-2-6(13)1-7(9(5)8)10(14)15/h1-2,5,12-13H,3-4H2,(H,14,15). The zero-order valence-electron chi connectivity index (χ0n) is 7.83. The van der Waals surface area contributed by atoms with Crippen molar-refractivity contribution in [2.45, 2.75) is 5.92 Å². The predicted octanol–water partition coefficient (Wildman–Crippen LogP) is 1.84. The molecule has 1 aliphatic rings. The van der Waals surface area contributed by atoms with Crippen molar-refractivity contribution in [3.05, 3.63) is 23.3 Å². The number of nitrogens with one attached hydrogen (secondary N) is 1. The highest BCUT2D eigenvalue weighted by atomic mass is 35.5. The molecule has 1 unspecified atom stereocenters. The summed E-state index contributed by atoms with van der Waals surface area (Å²) >= 11 is 5.76. The number of rotatable bonds is 2. The first-order chi connectivity index (χ1) is 7.13. The Hall–Kier alpha value is -1.42. The summed E-state index contributed by atoms with van der Waals surface area (Å²) in [6.45, 7) is 0.614. The molecule has 1 atom stereocenters. The van der Waals surface area contributed by atoms with Crippen LogP contribution in [0.5, 0.6) is 5.75 Å². The second-order valence-corrected chi connectivity index (χ2v) is 3.80. The summed E-state index contributed by atoms with van der Waals surface area (Å²) in [5, 5.41) is 21.4. The lowest BCUT2D eigenvalue weighted by atomic mass is 9.97. The van der Waals surface area contributed by atoms with Crippen LogP contribution in [-0.4, -0.2) is 28.6 Å². The molecular formula is C10H10ClNO3. The summed E-state index contributed by atoms with van der Waals surface area (Å²) in [6, 6.07) is 2.78. The summed E-state index contributed by atoms with van der Waals surface area (Å²) in [6.07, 6.45) is 0. The van der Waals surface area contributed by atoms with Gasteiger partial charge in [0, 0.05) is 30.1 Å². The molecule has 5 heteroatoms. The maximum absolute atomic E-state index is 11.0. The van der Waals surface area contributed by atoms with E-state index in [-0.39, 0.29) is 17.2 Å². The van der Waals surface area contributed by atoms with Crippen LogP contribution < -0.4 is 5.32 Å². The minimum atomic E-state index is -1.04. The van der Waals surface area contributed by atoms with Gasteiger partial charge in [-0.05, 0) is 11.6 Å². The van der Waals surface area contributed by atoms with Crippen molar-refractivity contribution in [2.24, 2.45) is 0 Å². The molecule has 1 aromatic rings. The fourth-order valence-corrected chi connectivity index (χ4v) is 2.13. The number of aromatic carboxylic acids is 1. The fraction of sp³-hybridized carbons (Fsp3) is 0.300. The van der Waals surface area contributed by atoms with E-state index in [0.29, 0.717) is 23.7 Å². The van der Waals surface area contributed by atoms with Crippen molar-refractivity contribution in [3.63, 3.8) is 0 Å². The van der Waals surface area contributed by atoms with Gasteiger partial charge in [0.1, 0.15) is 5.75 Å². The Morgan fingerprint density at radius 1 is 1.60 bits per heavy atom. The van der Waals surface area contributed by atoms with Crippen LogP contribution in [0.4, 0.5) is 5.69 Å². The van der Waals surface area contributed by atoms with Crippen LogP contribution in [-0.2, 0) is 0 Å². The first-order valence-corrected chi connectivity index (χ1v) is 5.07. The molecule has 0 amide bonds. The number of aromatic hydroxyl groups is 1. The maximum atomic E-state index is 11.0. The largest absolute Gasteiger partial charge is 0.508 e. The predicted molar refractivity (Wildman–Crippen MR) is 57.0 cm³/mol. The first kappa shape index (κ1) is 10.1. The molecule has 0 bridgehead atoms. The van der Waals surface area contributed by atoms with Gasteiger partial charge in [0.15, 0.2) is 0 Å². The number of hydrogen-bond acceptors (Lipinski definition) is 3. The lowest BCUT2D eigenvalue weighted by Gasteiger charge is -2.09. The second kappa shape index (κ2) is 3.62. The van der Waals surface area contributed by atoms with Gasteiger partial charge in [0.2, 0.25) is 0 Å². The normalized spacial score (nSPS) is 18.3. The van der Waals surface area contributed by atoms with Gasteiger partial charge in [-0.1, -0.05) is 0 Å². The highest BCUT2D eigenvalue weighted by Crippen LogP contribution is 2.37. The number of halogens is 1. The number of benzene rings is 1. The number of fused-ring (bicyclic) bond motifs is 1. The van der Waals surface area contributed by atoms with E-state index >= 15 is 0 Å². The van der Waals surface area contributed by atoms with E-state index in [4.69, 9.17) is 16.7 Å². The number of carboxylic acid groups (broad SMARTS) is 1. The van der Waals surface area contributed by atoms with Gasteiger partial charge in [-0.3, -0.25) is 0 Å². The van der Waals surface area contributed by atoms with Gasteiger partial charge < -0.3 is 15.5 Å². The van der Waals surface area contributed by atoms with Crippen molar-refractivity contribution in [1.29, 1.82) is 0 Å². The molecule has 1 aromatic carbocycles. The number of carboxylic acids is 1. The van der Waals surface area contributed by atoms with Gasteiger partial charge in [0.05, 0.1) is 5.56 Å². The Bertz CT molecular complexity index is 419. The maximum Gasteiger partial charge on any atom is 0.336 e. The van der Waals surface area contributed by atoms with E-state index in [1.54, 1.807) is 0 Å². The van der Waals surface area contributed by atoms with Crippen molar-refractivity contribution in [1.82, 2.24) is 0 Å². The second-order valence-electron chi connectivity index (χ2n) is 3.49. The lowest BCUT2D eigenvalue weighted by Crippen LogP contribution is -2.07. The smallest absolute Gasteiger partial charge is 0.336 e. The number of anilines is 1. The van der Waals surface area contributed by atoms with Gasteiger partial charge in [-0.25, -0.2) is 4.79 Å². The minimum absolute atomic E-state index is 0.00614. The van der Waals surface area contributed by atoms with Crippen molar-refractivity contribution >= 4 is 23.3 Å². The Kier molecular flexibility index (Phi) is 2.44. The first-order valence-electron chi connectivity index (χ1n) is 4.53. The molecule has 4 nitrogen and oxygen atoms in total. The number of carbonyl (C=O) groups is 1. The molecule has 3 N–H and O–H groups in total. The molecule has 2 rings (SSSR count). The Labute approximate surface area is 91.5 Å². The Morgan fingerprint density at radius 3 is 2.93 bits per heavy atom. The Balaban J connectivity index is 2.59. The number of phenolic OH excluding ortho intramolecular Hbond substituents is 1. The lowest BCUT2D eigenvalue weighted by molar-refractivity contribution is 0.0695. The van der Waals surface area contributed by atoms with E-state index in [1.165, 1.54) is 12.1 Å². The van der Waals surface area contributed by atoms with Gasteiger partial charge in [0.25, 0.3) is 0 Å². The number of alkyl halides is 1. The van der Waals surface area contributed by atoms with Gasteiger partial charge in [-0.15, -0.1) is 11.6 Å². The third-order valence-corrected chi connectivity index (χ3v) is 2.90. The highest BCUT2D eigenvalue weighted by molar-refractivity contribution is 6.18. The molecule has 0 saturated carbocycles. The van der Waals surface area contributed by atoms with E-state index in [0.717, 1.165) is 0 Å². The summed E-state index contributed by atoms with van der Waals surface area (Å²) in [5.41, 5.74) is 1.48. The third kappa shape index (κ3) is 1.61. The van der Waals surface area contributed by atoms with Crippen LogP contribution >= 0.6 is 11.6 Å². The average Bonchev–Trinajstić information content (AvgIpc) is 2.58. The molecular weight excluding hydrogens is 218 g/mol. The molecule has 15 heavy (non-hydrogen) atoms. The minimum Gasteiger partial charge on any atom is -0.508 e. The zero-order valence-corrected chi connectivity index (χ0v) is 8.58. The third-order valence-electron chi connectivity index (χ3n) is 2.53. The van der Waals surface area contributed by atoms with Crippen LogP contribution in [0, 0.1) is 0 Å². The summed E-state index contributed by atoms with van der Waals surface area (Å²) in [7, 11) is 0. The van der Waals surface area contributed by atoms with Gasteiger partial charge >= 0.3 is 5.97 Å². The average molecular weight is 228 g/mol.